The van der Waals surface area contributed by atoms with Crippen molar-refractivity contribution in [3.8, 4) is 6.07 Å². The van der Waals surface area contributed by atoms with Crippen molar-refractivity contribution in [3.05, 3.63) is 0 Å². The molecule has 1 amide bonds. The van der Waals surface area contributed by atoms with Gasteiger partial charge in [-0.05, 0) is 14.1 Å². The predicted octanol–water partition coefficient (Wildman–Crippen LogP) is -0.721. The lowest BCUT2D eigenvalue weighted by molar-refractivity contribution is -0.124. The summed E-state index contributed by atoms with van der Waals surface area (Å²) in [6.07, 6.45) is 0.527. The van der Waals surface area contributed by atoms with Crippen LogP contribution in [-0.2, 0) is 9.53 Å². The van der Waals surface area contributed by atoms with Crippen molar-refractivity contribution in [1.82, 2.24) is 15.1 Å². The molecule has 18 heavy (non-hydrogen) atoms. The van der Waals surface area contributed by atoms with Gasteiger partial charge < -0.3 is 15.0 Å². The molecule has 1 fully saturated rings. The van der Waals surface area contributed by atoms with Crippen molar-refractivity contribution >= 4 is 5.91 Å². The molecule has 0 bridgehead atoms. The third-order valence-electron chi connectivity index (χ3n) is 2.72. The zero-order valence-electron chi connectivity index (χ0n) is 11.2. The highest BCUT2D eigenvalue weighted by molar-refractivity contribution is 5.78. The molecule has 0 unspecified atom stereocenters. The van der Waals surface area contributed by atoms with E-state index in [-0.39, 0.29) is 12.0 Å². The van der Waals surface area contributed by atoms with Gasteiger partial charge in [0.1, 0.15) is 0 Å². The van der Waals surface area contributed by atoms with E-state index in [1.807, 2.05) is 20.2 Å². The lowest BCUT2D eigenvalue weighted by Crippen LogP contribution is -2.49. The Hall–Kier alpha value is -1.16. The molecule has 0 aromatic rings. The summed E-state index contributed by atoms with van der Waals surface area (Å²) < 4.78 is 5.64. The van der Waals surface area contributed by atoms with E-state index >= 15 is 0 Å². The number of morpholine rings is 1. The molecule has 6 heteroatoms. The Labute approximate surface area is 108 Å². The number of amides is 1. The summed E-state index contributed by atoms with van der Waals surface area (Å²) in [6, 6.07) is 2.00. The summed E-state index contributed by atoms with van der Waals surface area (Å²) in [5.74, 6) is -0.0178. The fourth-order valence-corrected chi connectivity index (χ4v) is 1.96. The first-order chi connectivity index (χ1) is 8.61. The third kappa shape index (κ3) is 5.96. The predicted molar refractivity (Wildman–Crippen MR) is 68.0 cm³/mol. The van der Waals surface area contributed by atoms with Gasteiger partial charge in [-0.2, -0.15) is 5.26 Å². The number of hydrogen-bond donors (Lipinski definition) is 1. The van der Waals surface area contributed by atoms with Gasteiger partial charge in [0.05, 0.1) is 31.7 Å². The minimum atomic E-state index is -0.0178. The van der Waals surface area contributed by atoms with Gasteiger partial charge in [0.15, 0.2) is 0 Å². The Morgan fingerprint density at radius 2 is 2.39 bits per heavy atom. The Morgan fingerprint density at radius 3 is 3.06 bits per heavy atom. The van der Waals surface area contributed by atoms with E-state index in [0.29, 0.717) is 26.1 Å². The number of carbonyl (C=O) groups is 1. The number of nitrogens with zero attached hydrogens (tertiary/aromatic N) is 3. The minimum absolute atomic E-state index is 0.0178. The van der Waals surface area contributed by atoms with Crippen LogP contribution in [-0.4, -0.2) is 75.2 Å². The molecule has 1 heterocycles. The molecule has 1 rings (SSSR count). The van der Waals surface area contributed by atoms with Gasteiger partial charge >= 0.3 is 0 Å². The summed E-state index contributed by atoms with van der Waals surface area (Å²) in [5, 5.41) is 11.1. The van der Waals surface area contributed by atoms with Crippen molar-refractivity contribution < 1.29 is 9.53 Å². The summed E-state index contributed by atoms with van der Waals surface area (Å²) >= 11 is 0. The Morgan fingerprint density at radius 1 is 1.61 bits per heavy atom. The zero-order valence-corrected chi connectivity index (χ0v) is 11.2. The van der Waals surface area contributed by atoms with E-state index in [0.717, 1.165) is 19.6 Å². The van der Waals surface area contributed by atoms with Crippen LogP contribution in [0.4, 0.5) is 0 Å². The molecule has 6 nitrogen and oxygen atoms in total. The molecule has 0 aliphatic carbocycles. The fourth-order valence-electron chi connectivity index (χ4n) is 1.96. The zero-order chi connectivity index (χ0) is 13.4. The maximum atomic E-state index is 11.6. The molecule has 0 radical (unpaired) electrons. The molecule has 1 saturated heterocycles. The van der Waals surface area contributed by atoms with E-state index in [9.17, 15) is 4.79 Å². The fraction of sp³-hybridized carbons (Fsp3) is 0.833. The number of likely N-dealkylation sites (N-methyl/N-ethyl adjacent to an activating group) is 1. The number of ether oxygens (including phenoxy) is 1. The number of carbonyl (C=O) groups excluding carboxylic acids is 1. The lowest BCUT2D eigenvalue weighted by Gasteiger charge is -2.33. The van der Waals surface area contributed by atoms with Gasteiger partial charge in [-0.25, -0.2) is 0 Å². The lowest BCUT2D eigenvalue weighted by atomic mass is 10.2. The molecule has 0 spiro atoms. The molecule has 0 aromatic heterocycles. The highest BCUT2D eigenvalue weighted by atomic mass is 16.5. The molecule has 0 aromatic carbocycles. The summed E-state index contributed by atoms with van der Waals surface area (Å²) in [4.78, 5) is 15.8. The average molecular weight is 254 g/mol. The van der Waals surface area contributed by atoms with E-state index < -0.39 is 0 Å². The van der Waals surface area contributed by atoms with Crippen LogP contribution in [0.15, 0.2) is 0 Å². The Balaban J connectivity index is 2.25. The molecule has 1 aliphatic heterocycles. The van der Waals surface area contributed by atoms with Gasteiger partial charge in [0.2, 0.25) is 5.91 Å². The van der Waals surface area contributed by atoms with Crippen molar-refractivity contribution in [1.29, 1.82) is 5.26 Å². The number of rotatable bonds is 6. The van der Waals surface area contributed by atoms with Crippen LogP contribution in [0.1, 0.15) is 6.42 Å². The summed E-state index contributed by atoms with van der Waals surface area (Å²) in [6.45, 7) is 3.93. The van der Waals surface area contributed by atoms with Gasteiger partial charge in [-0.1, -0.05) is 0 Å². The quantitative estimate of drug-likeness (QED) is 0.634. The maximum absolute atomic E-state index is 11.6. The number of hydrogen-bond acceptors (Lipinski definition) is 5. The first kappa shape index (κ1) is 14.9. The van der Waals surface area contributed by atoms with Gasteiger partial charge in [0.25, 0.3) is 0 Å². The third-order valence-corrected chi connectivity index (χ3v) is 2.72. The standard InChI is InChI=1S/C12H22N4O2/c1-15(2)8-11-9-16(6-7-18-11)10-12(17)14-5-3-4-13/h11H,3,5-10H2,1-2H3,(H,14,17)/t11-/m1/s1. The van der Waals surface area contributed by atoms with Crippen LogP contribution in [0.5, 0.6) is 0 Å². The van der Waals surface area contributed by atoms with Gasteiger partial charge in [0, 0.05) is 26.2 Å². The molecular formula is C12H22N4O2. The molecule has 1 aliphatic rings. The number of nitrogens with one attached hydrogen (secondary N) is 1. The SMILES string of the molecule is CN(C)C[C@@H]1CN(CC(=O)NCCC#N)CCO1. The molecule has 102 valence electrons. The maximum Gasteiger partial charge on any atom is 0.234 e. The molecule has 1 atom stereocenters. The van der Waals surface area contributed by atoms with Crippen molar-refractivity contribution in [3.63, 3.8) is 0 Å². The molecule has 1 N–H and O–H groups in total. The van der Waals surface area contributed by atoms with Gasteiger partial charge in [-0.15, -0.1) is 0 Å². The van der Waals surface area contributed by atoms with Gasteiger partial charge in [-0.3, -0.25) is 9.69 Å². The van der Waals surface area contributed by atoms with E-state index in [4.69, 9.17) is 10.00 Å². The van der Waals surface area contributed by atoms with E-state index in [1.54, 1.807) is 0 Å². The highest BCUT2D eigenvalue weighted by Gasteiger charge is 2.22. The van der Waals surface area contributed by atoms with Crippen molar-refractivity contribution in [2.24, 2.45) is 0 Å². The number of nitriles is 1. The topological polar surface area (TPSA) is 68.6 Å². The minimum Gasteiger partial charge on any atom is -0.374 e. The first-order valence-electron chi connectivity index (χ1n) is 6.24. The van der Waals surface area contributed by atoms with Crippen molar-refractivity contribution in [2.45, 2.75) is 12.5 Å². The first-order valence-corrected chi connectivity index (χ1v) is 6.24. The van der Waals surface area contributed by atoms with Crippen LogP contribution in [0.2, 0.25) is 0 Å². The Bertz CT molecular complexity index is 301. The smallest absolute Gasteiger partial charge is 0.234 e. The second-order valence-corrected chi connectivity index (χ2v) is 4.75. The van der Waals surface area contributed by atoms with Crippen LogP contribution >= 0.6 is 0 Å². The summed E-state index contributed by atoms with van der Waals surface area (Å²) in [5.41, 5.74) is 0. The van der Waals surface area contributed by atoms with E-state index in [2.05, 4.69) is 15.1 Å². The van der Waals surface area contributed by atoms with E-state index in [1.165, 1.54) is 0 Å². The van der Waals surface area contributed by atoms with Crippen LogP contribution in [0.3, 0.4) is 0 Å². The second-order valence-electron chi connectivity index (χ2n) is 4.75. The van der Waals surface area contributed by atoms with Crippen molar-refractivity contribution in [2.75, 3.05) is 53.4 Å². The van der Waals surface area contributed by atoms with Crippen LogP contribution < -0.4 is 5.32 Å². The average Bonchev–Trinajstić information content (AvgIpc) is 2.28. The molecule has 0 saturated carbocycles. The monoisotopic (exact) mass is 254 g/mol. The van der Waals surface area contributed by atoms with Crippen LogP contribution in [0.25, 0.3) is 0 Å². The van der Waals surface area contributed by atoms with Crippen LogP contribution in [0, 0.1) is 11.3 Å². The largest absolute Gasteiger partial charge is 0.374 e. The Kier molecular flexibility index (Phi) is 6.65. The highest BCUT2D eigenvalue weighted by Crippen LogP contribution is 2.05. The molecular weight excluding hydrogens is 232 g/mol. The summed E-state index contributed by atoms with van der Waals surface area (Å²) in [7, 11) is 4.02. The normalized spacial score (nSPS) is 20.7. The second kappa shape index (κ2) is 8.03.